The number of carbonyl (C=O) groups excluding carboxylic acids is 1. The van der Waals surface area contributed by atoms with Crippen molar-refractivity contribution in [3.05, 3.63) is 82.8 Å². The van der Waals surface area contributed by atoms with Crippen LogP contribution in [-0.2, 0) is 6.42 Å². The fraction of sp³-hybridized carbons (Fsp3) is 0.267. The van der Waals surface area contributed by atoms with Crippen LogP contribution >= 0.6 is 0 Å². The van der Waals surface area contributed by atoms with Crippen molar-refractivity contribution in [2.45, 2.75) is 38.6 Å². The molecule has 39 heavy (non-hydrogen) atoms. The van der Waals surface area contributed by atoms with Gasteiger partial charge >= 0.3 is 0 Å². The molecule has 7 nitrogen and oxygen atoms in total. The number of ketones is 1. The van der Waals surface area contributed by atoms with Gasteiger partial charge < -0.3 is 15.9 Å². The van der Waals surface area contributed by atoms with E-state index in [1.54, 1.807) is 22.9 Å². The third-order valence-electron chi connectivity index (χ3n) is 7.28. The molecule has 0 bridgehead atoms. The number of nitrogens with one attached hydrogen (secondary N) is 2. The summed E-state index contributed by atoms with van der Waals surface area (Å²) in [6.45, 7) is 1.94. The molecule has 2 heterocycles. The lowest BCUT2D eigenvalue weighted by atomic mass is 9.92. The molecule has 2 atom stereocenters. The number of hydrogen-bond donors (Lipinski definition) is 3. The third-order valence-corrected chi connectivity index (χ3v) is 7.28. The number of halogens is 2. The van der Waals surface area contributed by atoms with Crippen LogP contribution in [0, 0.1) is 28.4 Å². The fourth-order valence-electron chi connectivity index (χ4n) is 4.94. The molecule has 4 N–H and O–H groups in total. The van der Waals surface area contributed by atoms with Gasteiger partial charge in [-0.25, -0.2) is 9.37 Å². The molecular weight excluding hydrogens is 500 g/mol. The minimum absolute atomic E-state index is 0.00113. The molecule has 1 aliphatic heterocycles. The van der Waals surface area contributed by atoms with Gasteiger partial charge in [-0.1, -0.05) is 31.2 Å². The number of nitrogens with two attached hydrogens (primary N) is 1. The van der Waals surface area contributed by atoms with Crippen LogP contribution in [0.25, 0.3) is 23.0 Å². The first-order valence-corrected chi connectivity index (χ1v) is 12.8. The van der Waals surface area contributed by atoms with Crippen molar-refractivity contribution in [2.24, 2.45) is 11.7 Å². The SMILES string of the molecule is CCc1cc(C(=N)C2=CCC=Cn3c(-c4ccc(OC)c(F)c4F)cnc32)ccc1C(=O)CC(=N)C1C[C@H]1N. The first kappa shape index (κ1) is 26.4. The maximum atomic E-state index is 14.9. The van der Waals surface area contributed by atoms with Crippen molar-refractivity contribution in [2.75, 3.05) is 7.11 Å². The van der Waals surface area contributed by atoms with Gasteiger partial charge in [0, 0.05) is 52.6 Å². The average Bonchev–Trinajstić information content (AvgIpc) is 3.61. The van der Waals surface area contributed by atoms with Crippen LogP contribution in [0.2, 0.25) is 0 Å². The standard InChI is InChI=1S/C30H29F2N5O2/c1-3-16-12-17(7-8-18(16)25(38)14-23(34)21-13-22(21)33)29(35)20-6-4-5-11-37-24(15-36-30(20)37)19-9-10-26(39-2)28(32)27(19)31/h5-12,15,21-22,34-35H,3-4,13-14,33H2,1-2H3/t21?,22-/m1/s1. The van der Waals surface area contributed by atoms with Crippen LogP contribution in [0.1, 0.15) is 53.5 Å². The Morgan fingerprint density at radius 2 is 1.97 bits per heavy atom. The normalized spacial score (nSPS) is 17.7. The Hall–Kier alpha value is -4.24. The monoisotopic (exact) mass is 529 g/mol. The van der Waals surface area contributed by atoms with E-state index in [-0.39, 0.29) is 41.2 Å². The number of methoxy groups -OCH3 is 1. The lowest BCUT2D eigenvalue weighted by molar-refractivity contribution is 0.0999. The minimum atomic E-state index is -1.08. The number of fused-ring (bicyclic) bond motifs is 1. The van der Waals surface area contributed by atoms with Gasteiger partial charge in [0.1, 0.15) is 5.82 Å². The third kappa shape index (κ3) is 4.85. The number of aromatic nitrogens is 2. The van der Waals surface area contributed by atoms with Gasteiger partial charge in [0.15, 0.2) is 17.3 Å². The van der Waals surface area contributed by atoms with Crippen LogP contribution in [0.15, 0.2) is 48.7 Å². The van der Waals surface area contributed by atoms with Crippen LogP contribution in [0.3, 0.4) is 0 Å². The van der Waals surface area contributed by atoms with Crippen molar-refractivity contribution in [1.29, 1.82) is 10.8 Å². The van der Waals surface area contributed by atoms with Crippen LogP contribution in [0.5, 0.6) is 5.75 Å². The Kier molecular flexibility index (Phi) is 7.10. The van der Waals surface area contributed by atoms with Crippen LogP contribution < -0.4 is 10.5 Å². The van der Waals surface area contributed by atoms with Gasteiger partial charge in [-0.05, 0) is 43.0 Å². The summed E-state index contributed by atoms with van der Waals surface area (Å²) < 4.78 is 35.9. The Bertz CT molecular complexity index is 1570. The topological polar surface area (TPSA) is 118 Å². The lowest BCUT2D eigenvalue weighted by Crippen LogP contribution is -2.15. The molecule has 1 aromatic heterocycles. The smallest absolute Gasteiger partial charge is 0.201 e. The highest BCUT2D eigenvalue weighted by atomic mass is 19.2. The van der Waals surface area contributed by atoms with E-state index in [0.29, 0.717) is 46.8 Å². The van der Waals surface area contributed by atoms with Crippen molar-refractivity contribution in [3.63, 3.8) is 0 Å². The summed E-state index contributed by atoms with van der Waals surface area (Å²) in [4.78, 5) is 17.4. The van der Waals surface area contributed by atoms with Gasteiger partial charge in [0.05, 0.1) is 24.7 Å². The Balaban J connectivity index is 1.45. The van der Waals surface area contributed by atoms with Crippen LogP contribution in [-0.4, -0.2) is 39.9 Å². The second kappa shape index (κ2) is 10.5. The second-order valence-corrected chi connectivity index (χ2v) is 9.75. The number of nitrogens with zero attached hydrogens (tertiary/aromatic N) is 2. The number of Topliss-reactive ketones (excluding diaryl/α,β-unsaturated/α-hetero) is 1. The average molecular weight is 530 g/mol. The molecule has 2 aliphatic rings. The number of aryl methyl sites for hydroxylation is 1. The number of ether oxygens (including phenoxy) is 1. The summed E-state index contributed by atoms with van der Waals surface area (Å²) in [6, 6.07) is 8.06. The van der Waals surface area contributed by atoms with E-state index in [9.17, 15) is 13.6 Å². The molecule has 200 valence electrons. The van der Waals surface area contributed by atoms with E-state index in [4.69, 9.17) is 21.3 Å². The van der Waals surface area contributed by atoms with Gasteiger partial charge in [-0.2, -0.15) is 4.39 Å². The highest BCUT2D eigenvalue weighted by Gasteiger charge is 2.37. The maximum absolute atomic E-state index is 14.9. The van der Waals surface area contributed by atoms with E-state index < -0.39 is 11.6 Å². The molecule has 3 aromatic rings. The lowest BCUT2D eigenvalue weighted by Gasteiger charge is -2.14. The Labute approximate surface area is 225 Å². The van der Waals surface area contributed by atoms with E-state index in [1.165, 1.54) is 25.4 Å². The summed E-state index contributed by atoms with van der Waals surface area (Å²) in [5.74, 6) is -2.01. The summed E-state index contributed by atoms with van der Waals surface area (Å²) in [7, 11) is 1.27. The van der Waals surface area contributed by atoms with Crippen LogP contribution in [0.4, 0.5) is 8.78 Å². The second-order valence-electron chi connectivity index (χ2n) is 9.75. The van der Waals surface area contributed by atoms with Crippen molar-refractivity contribution < 1.29 is 18.3 Å². The fourth-order valence-corrected chi connectivity index (χ4v) is 4.94. The summed E-state index contributed by atoms with van der Waals surface area (Å²) in [5, 5.41) is 17.2. The van der Waals surface area contributed by atoms with E-state index in [2.05, 4.69) is 4.98 Å². The molecule has 9 heteroatoms. The summed E-state index contributed by atoms with van der Waals surface area (Å²) >= 11 is 0. The van der Waals surface area contributed by atoms with Crippen molar-refractivity contribution >= 4 is 29.0 Å². The molecule has 0 amide bonds. The Morgan fingerprint density at radius 1 is 1.21 bits per heavy atom. The molecule has 1 unspecified atom stereocenters. The molecule has 5 rings (SSSR count). The van der Waals surface area contributed by atoms with Gasteiger partial charge in [0.25, 0.3) is 0 Å². The number of hydrogen-bond acceptors (Lipinski definition) is 6. The molecule has 0 spiro atoms. The van der Waals surface area contributed by atoms with E-state index >= 15 is 0 Å². The molecule has 1 saturated carbocycles. The van der Waals surface area contributed by atoms with E-state index in [0.717, 1.165) is 12.0 Å². The van der Waals surface area contributed by atoms with Gasteiger partial charge in [0.2, 0.25) is 5.82 Å². The van der Waals surface area contributed by atoms with Gasteiger partial charge in [-0.15, -0.1) is 0 Å². The molecule has 1 fully saturated rings. The van der Waals surface area contributed by atoms with Gasteiger partial charge in [-0.3, -0.25) is 14.8 Å². The first-order chi connectivity index (χ1) is 18.7. The minimum Gasteiger partial charge on any atom is -0.494 e. The predicted octanol–water partition coefficient (Wildman–Crippen LogP) is 5.66. The molecular formula is C30H29F2N5O2. The zero-order valence-corrected chi connectivity index (χ0v) is 21.7. The summed E-state index contributed by atoms with van der Waals surface area (Å²) in [6.07, 6.45) is 8.80. The summed E-state index contributed by atoms with van der Waals surface area (Å²) in [5.41, 5.74) is 9.25. The molecule has 2 aromatic carbocycles. The van der Waals surface area contributed by atoms with Crippen molar-refractivity contribution in [1.82, 2.24) is 9.55 Å². The number of carbonyl (C=O) groups is 1. The molecule has 0 radical (unpaired) electrons. The number of benzene rings is 2. The first-order valence-electron chi connectivity index (χ1n) is 12.8. The zero-order valence-electron chi connectivity index (χ0n) is 21.7. The molecule has 0 saturated heterocycles. The highest BCUT2D eigenvalue weighted by molar-refractivity contribution is 6.30. The maximum Gasteiger partial charge on any atom is 0.201 e. The largest absolute Gasteiger partial charge is 0.494 e. The Morgan fingerprint density at radius 3 is 2.67 bits per heavy atom. The predicted molar refractivity (Wildman–Crippen MR) is 147 cm³/mol. The quantitative estimate of drug-likeness (QED) is 0.245. The molecule has 1 aliphatic carbocycles. The number of allylic oxidation sites excluding steroid dienone is 3. The number of rotatable bonds is 9. The highest BCUT2D eigenvalue weighted by Crippen LogP contribution is 2.34. The van der Waals surface area contributed by atoms with Crippen molar-refractivity contribution in [3.8, 4) is 17.0 Å². The van der Waals surface area contributed by atoms with E-state index in [1.807, 2.05) is 25.1 Å². The number of imidazole rings is 1. The zero-order chi connectivity index (χ0) is 27.8.